The number of aryl methyl sites for hydroxylation is 2. The van der Waals surface area contributed by atoms with Crippen LogP contribution in [0.15, 0.2) is 29.2 Å². The van der Waals surface area contributed by atoms with Gasteiger partial charge in [0.25, 0.3) is 0 Å². The summed E-state index contributed by atoms with van der Waals surface area (Å²) in [5.41, 5.74) is 1.02. The molecule has 6 nitrogen and oxygen atoms in total. The van der Waals surface area contributed by atoms with Crippen molar-refractivity contribution in [3.8, 4) is 0 Å². The van der Waals surface area contributed by atoms with E-state index in [-0.39, 0.29) is 0 Å². The summed E-state index contributed by atoms with van der Waals surface area (Å²) in [5.74, 6) is -1.40. The number of hydrogen-bond donors (Lipinski definition) is 2. The molecule has 1 aromatic heterocycles. The van der Waals surface area contributed by atoms with E-state index < -0.39 is 32.7 Å². The van der Waals surface area contributed by atoms with Crippen LogP contribution in [0.2, 0.25) is 0 Å². The van der Waals surface area contributed by atoms with Gasteiger partial charge in [0, 0.05) is 4.88 Å². The number of carbonyl (C=O) groups excluding carboxylic acids is 1. The molecular weight excluding hydrogens is 377 g/mol. The first-order chi connectivity index (χ1) is 12.4. The molecule has 2 aromatic rings. The summed E-state index contributed by atoms with van der Waals surface area (Å²) in [7, 11) is -4.14. The van der Waals surface area contributed by atoms with Gasteiger partial charge in [0.2, 0.25) is 15.9 Å². The third kappa shape index (κ3) is 4.28. The highest BCUT2D eigenvalue weighted by Gasteiger charge is 2.25. The number of halogens is 1. The van der Waals surface area contributed by atoms with Gasteiger partial charge in [-0.15, -0.1) is 11.3 Å². The molecule has 26 heavy (non-hydrogen) atoms. The normalized spacial score (nSPS) is 15.8. The van der Waals surface area contributed by atoms with E-state index in [0.29, 0.717) is 5.13 Å². The van der Waals surface area contributed by atoms with Crippen LogP contribution in [-0.2, 0) is 27.7 Å². The number of sulfonamides is 1. The van der Waals surface area contributed by atoms with Gasteiger partial charge in [0.1, 0.15) is 10.7 Å². The molecule has 1 aliphatic rings. The first-order valence-electron chi connectivity index (χ1n) is 8.43. The molecule has 0 bridgehead atoms. The van der Waals surface area contributed by atoms with Crippen molar-refractivity contribution in [2.75, 3.05) is 5.32 Å². The van der Waals surface area contributed by atoms with Crippen LogP contribution in [0.4, 0.5) is 9.52 Å². The van der Waals surface area contributed by atoms with Crippen LogP contribution in [-0.4, -0.2) is 25.4 Å². The van der Waals surface area contributed by atoms with Crippen molar-refractivity contribution >= 4 is 32.4 Å². The van der Waals surface area contributed by atoms with Crippen molar-refractivity contribution in [1.82, 2.24) is 9.71 Å². The van der Waals surface area contributed by atoms with Gasteiger partial charge in [-0.05, 0) is 44.7 Å². The standard InChI is InChI=1S/C17H20FN3O3S2/c1-11(21-26(23,24)15-10-6-5-7-12(15)18)16(22)20-17-19-13-8-3-2-4-9-14(13)25-17/h5-7,10-11,21H,2-4,8-9H2,1H3,(H,19,20,22). The lowest BCUT2D eigenvalue weighted by Crippen LogP contribution is -2.41. The molecular formula is C17H20FN3O3S2. The molecule has 0 spiro atoms. The predicted molar refractivity (Wildman–Crippen MR) is 98.2 cm³/mol. The highest BCUT2D eigenvalue weighted by atomic mass is 32.2. The number of benzene rings is 1. The maximum atomic E-state index is 13.7. The largest absolute Gasteiger partial charge is 0.301 e. The lowest BCUT2D eigenvalue weighted by Gasteiger charge is -2.13. The van der Waals surface area contributed by atoms with Gasteiger partial charge in [0.15, 0.2) is 5.13 Å². The van der Waals surface area contributed by atoms with Crippen LogP contribution in [0.5, 0.6) is 0 Å². The number of nitrogens with zero attached hydrogens (tertiary/aromatic N) is 1. The minimum Gasteiger partial charge on any atom is -0.301 e. The molecule has 1 heterocycles. The van der Waals surface area contributed by atoms with Gasteiger partial charge in [-0.3, -0.25) is 4.79 Å². The summed E-state index contributed by atoms with van der Waals surface area (Å²) < 4.78 is 40.5. The van der Waals surface area contributed by atoms with Crippen LogP contribution in [0.3, 0.4) is 0 Å². The highest BCUT2D eigenvalue weighted by Crippen LogP contribution is 2.29. The second-order valence-electron chi connectivity index (χ2n) is 6.21. The summed E-state index contributed by atoms with van der Waals surface area (Å²) in [4.78, 5) is 17.5. The van der Waals surface area contributed by atoms with Gasteiger partial charge in [-0.1, -0.05) is 18.6 Å². The van der Waals surface area contributed by atoms with Crippen LogP contribution < -0.4 is 10.0 Å². The van der Waals surface area contributed by atoms with E-state index in [0.717, 1.165) is 43.5 Å². The number of anilines is 1. The molecule has 0 fully saturated rings. The topological polar surface area (TPSA) is 88.2 Å². The average Bonchev–Trinajstić information content (AvgIpc) is 2.83. The van der Waals surface area contributed by atoms with E-state index in [1.807, 2.05) is 0 Å². The fourth-order valence-corrected chi connectivity index (χ4v) is 5.14. The van der Waals surface area contributed by atoms with Crippen molar-refractivity contribution in [2.24, 2.45) is 0 Å². The molecule has 1 aromatic carbocycles. The SMILES string of the molecule is CC(NS(=O)(=O)c1ccccc1F)C(=O)Nc1nc2c(s1)CCCCC2. The fraction of sp³-hybridized carbons (Fsp3) is 0.412. The lowest BCUT2D eigenvalue weighted by molar-refractivity contribution is -0.117. The number of rotatable bonds is 5. The van der Waals surface area contributed by atoms with Gasteiger partial charge >= 0.3 is 0 Å². The first-order valence-corrected chi connectivity index (χ1v) is 10.7. The monoisotopic (exact) mass is 397 g/mol. The third-order valence-electron chi connectivity index (χ3n) is 4.18. The van der Waals surface area contributed by atoms with Gasteiger partial charge in [-0.2, -0.15) is 4.72 Å². The van der Waals surface area contributed by atoms with E-state index in [9.17, 15) is 17.6 Å². The number of amides is 1. The number of nitrogens with one attached hydrogen (secondary N) is 2. The zero-order valence-electron chi connectivity index (χ0n) is 14.3. The summed E-state index contributed by atoms with van der Waals surface area (Å²) in [5, 5.41) is 3.13. The van der Waals surface area contributed by atoms with E-state index in [4.69, 9.17) is 0 Å². The Balaban J connectivity index is 1.67. The van der Waals surface area contributed by atoms with Crippen molar-refractivity contribution < 1.29 is 17.6 Å². The number of thiazole rings is 1. The molecule has 0 saturated heterocycles. The summed E-state index contributed by atoms with van der Waals surface area (Å²) in [6.45, 7) is 1.41. The van der Waals surface area contributed by atoms with E-state index in [1.54, 1.807) is 0 Å². The predicted octanol–water partition coefficient (Wildman–Crippen LogP) is 2.86. The molecule has 1 unspecified atom stereocenters. The molecule has 1 aliphatic carbocycles. The smallest absolute Gasteiger partial charge is 0.244 e. The minimum absolute atomic E-state index is 0.471. The Bertz CT molecular complexity index is 888. The second kappa shape index (κ2) is 7.81. The van der Waals surface area contributed by atoms with E-state index >= 15 is 0 Å². The molecule has 9 heteroatoms. The summed E-state index contributed by atoms with van der Waals surface area (Å²) in [6, 6.07) is 3.97. The third-order valence-corrected chi connectivity index (χ3v) is 6.82. The van der Waals surface area contributed by atoms with Crippen molar-refractivity contribution in [1.29, 1.82) is 0 Å². The molecule has 1 atom stereocenters. The van der Waals surface area contributed by atoms with E-state index in [1.165, 1.54) is 41.7 Å². The number of fused-ring (bicyclic) bond motifs is 1. The number of aromatic nitrogens is 1. The minimum atomic E-state index is -4.14. The molecule has 0 saturated carbocycles. The quantitative estimate of drug-likeness (QED) is 0.760. The Morgan fingerprint density at radius 3 is 2.73 bits per heavy atom. The average molecular weight is 397 g/mol. The Labute approximate surface area is 155 Å². The molecule has 2 N–H and O–H groups in total. The molecule has 3 rings (SSSR count). The van der Waals surface area contributed by atoms with Crippen molar-refractivity contribution in [3.63, 3.8) is 0 Å². The first kappa shape index (κ1) is 18.9. The Hall–Kier alpha value is -1.84. The van der Waals surface area contributed by atoms with Crippen molar-refractivity contribution in [2.45, 2.75) is 50.0 Å². The Morgan fingerprint density at radius 1 is 1.23 bits per heavy atom. The summed E-state index contributed by atoms with van der Waals surface area (Å²) in [6.07, 6.45) is 5.24. The number of carbonyl (C=O) groups is 1. The van der Waals surface area contributed by atoms with Gasteiger partial charge < -0.3 is 5.32 Å². The molecule has 0 radical (unpaired) electrons. The molecule has 1 amide bonds. The Kier molecular flexibility index (Phi) is 5.69. The zero-order chi connectivity index (χ0) is 18.7. The maximum Gasteiger partial charge on any atom is 0.244 e. The Morgan fingerprint density at radius 2 is 1.96 bits per heavy atom. The van der Waals surface area contributed by atoms with Gasteiger partial charge in [-0.25, -0.2) is 17.8 Å². The van der Waals surface area contributed by atoms with Crippen LogP contribution in [0.25, 0.3) is 0 Å². The fourth-order valence-electron chi connectivity index (χ4n) is 2.81. The molecule has 0 aliphatic heterocycles. The second-order valence-corrected chi connectivity index (χ2v) is 8.98. The van der Waals surface area contributed by atoms with E-state index in [2.05, 4.69) is 15.0 Å². The van der Waals surface area contributed by atoms with Gasteiger partial charge in [0.05, 0.1) is 11.7 Å². The zero-order valence-corrected chi connectivity index (χ0v) is 15.9. The van der Waals surface area contributed by atoms with Crippen LogP contribution >= 0.6 is 11.3 Å². The summed E-state index contributed by atoms with van der Waals surface area (Å²) >= 11 is 1.43. The van der Waals surface area contributed by atoms with Crippen molar-refractivity contribution in [3.05, 3.63) is 40.7 Å². The highest BCUT2D eigenvalue weighted by molar-refractivity contribution is 7.89. The molecule has 140 valence electrons. The van der Waals surface area contributed by atoms with Crippen LogP contribution in [0, 0.1) is 5.82 Å². The van der Waals surface area contributed by atoms with Crippen LogP contribution in [0.1, 0.15) is 36.8 Å². The lowest BCUT2D eigenvalue weighted by atomic mass is 10.2. The maximum absolute atomic E-state index is 13.7. The number of hydrogen-bond acceptors (Lipinski definition) is 5.